The third kappa shape index (κ3) is 2.22. The van der Waals surface area contributed by atoms with E-state index >= 15 is 0 Å². The van der Waals surface area contributed by atoms with E-state index in [1.807, 2.05) is 0 Å². The minimum atomic E-state index is -0.406. The molecule has 114 valence electrons. The predicted molar refractivity (Wildman–Crippen MR) is 83.6 cm³/mol. The van der Waals surface area contributed by atoms with Gasteiger partial charge in [-0.3, -0.25) is 9.59 Å². The Labute approximate surface area is 127 Å². The van der Waals surface area contributed by atoms with Crippen LogP contribution >= 0.6 is 0 Å². The van der Waals surface area contributed by atoms with Crippen molar-refractivity contribution in [2.75, 3.05) is 5.32 Å². The summed E-state index contributed by atoms with van der Waals surface area (Å²) in [5, 5.41) is 2.94. The fourth-order valence-corrected chi connectivity index (χ4v) is 2.98. The number of pyridine rings is 1. The number of nitrogens with zero attached hydrogens (tertiary/aromatic N) is 1. The second-order valence-corrected chi connectivity index (χ2v) is 5.65. The molecule has 0 saturated heterocycles. The van der Waals surface area contributed by atoms with Gasteiger partial charge in [0.05, 0.1) is 16.9 Å². The monoisotopic (exact) mass is 300 g/mol. The Bertz CT molecular complexity index is 824. The third-order valence-electron chi connectivity index (χ3n) is 4.14. The first-order valence-corrected chi connectivity index (χ1v) is 7.27. The molecule has 1 aliphatic heterocycles. The van der Waals surface area contributed by atoms with Gasteiger partial charge in [0.2, 0.25) is 0 Å². The van der Waals surface area contributed by atoms with Crippen LogP contribution in [0.1, 0.15) is 33.6 Å². The van der Waals surface area contributed by atoms with Gasteiger partial charge in [-0.1, -0.05) is 6.07 Å². The van der Waals surface area contributed by atoms with Gasteiger partial charge in [-0.05, 0) is 44.4 Å². The van der Waals surface area contributed by atoms with E-state index in [4.69, 9.17) is 0 Å². The maximum Gasteiger partial charge on any atom is 0.255 e. The number of hydrogen-bond acceptors (Lipinski definition) is 3. The van der Waals surface area contributed by atoms with E-state index in [0.717, 1.165) is 24.0 Å². The first kappa shape index (κ1) is 14.5. The molecule has 0 aliphatic carbocycles. The maximum atomic E-state index is 14.0. The first-order chi connectivity index (χ1) is 10.5. The van der Waals surface area contributed by atoms with Crippen molar-refractivity contribution < 1.29 is 9.18 Å². The molecule has 0 unspecified atom stereocenters. The Morgan fingerprint density at radius 3 is 2.77 bits per heavy atom. The standard InChI is InChI=1S/C17H17FN2O2/c1-10-5-6-14(13(18)8-10)19-16-11(2)17(22)20-7-3-4-15(20)12(16)9-21/h5-6,8-9,19H,3-4,7H2,1-2H3. The molecule has 0 fully saturated rings. The van der Waals surface area contributed by atoms with Crippen LogP contribution in [-0.2, 0) is 13.0 Å². The van der Waals surface area contributed by atoms with Gasteiger partial charge in [-0.2, -0.15) is 0 Å². The van der Waals surface area contributed by atoms with E-state index in [0.29, 0.717) is 29.8 Å². The molecule has 1 aromatic carbocycles. The molecule has 0 amide bonds. The lowest BCUT2D eigenvalue weighted by atomic mass is 10.1. The molecule has 1 aliphatic rings. The normalized spacial score (nSPS) is 13.0. The number of fused-ring (bicyclic) bond motifs is 1. The van der Waals surface area contributed by atoms with Gasteiger partial charge in [-0.15, -0.1) is 0 Å². The molecule has 0 radical (unpaired) electrons. The predicted octanol–water partition coefficient (Wildman–Crippen LogP) is 3.11. The molecule has 1 aromatic heterocycles. The van der Waals surface area contributed by atoms with Crippen LogP contribution in [0.4, 0.5) is 15.8 Å². The quantitative estimate of drug-likeness (QED) is 0.886. The number of aryl methyl sites for hydroxylation is 1. The van der Waals surface area contributed by atoms with E-state index in [1.54, 1.807) is 30.5 Å². The average Bonchev–Trinajstić information content (AvgIpc) is 2.96. The maximum absolute atomic E-state index is 14.0. The van der Waals surface area contributed by atoms with Gasteiger partial charge in [0.1, 0.15) is 5.82 Å². The lowest BCUT2D eigenvalue weighted by Crippen LogP contribution is -2.25. The van der Waals surface area contributed by atoms with Crippen LogP contribution in [0.15, 0.2) is 23.0 Å². The number of aromatic nitrogens is 1. The fraction of sp³-hybridized carbons (Fsp3) is 0.294. The van der Waals surface area contributed by atoms with Gasteiger partial charge in [-0.25, -0.2) is 4.39 Å². The molecule has 22 heavy (non-hydrogen) atoms. The van der Waals surface area contributed by atoms with Crippen LogP contribution in [0.3, 0.4) is 0 Å². The number of carbonyl (C=O) groups is 1. The molecule has 0 spiro atoms. The van der Waals surface area contributed by atoms with Crippen molar-refractivity contribution in [3.63, 3.8) is 0 Å². The summed E-state index contributed by atoms with van der Waals surface area (Å²) in [6.45, 7) is 4.10. The van der Waals surface area contributed by atoms with E-state index in [1.165, 1.54) is 6.07 Å². The summed E-state index contributed by atoms with van der Waals surface area (Å²) in [6.07, 6.45) is 2.28. The summed E-state index contributed by atoms with van der Waals surface area (Å²) < 4.78 is 15.7. The van der Waals surface area contributed by atoms with E-state index < -0.39 is 5.82 Å². The van der Waals surface area contributed by atoms with Crippen molar-refractivity contribution in [2.24, 2.45) is 0 Å². The summed E-state index contributed by atoms with van der Waals surface area (Å²) in [5.41, 5.74) is 3.00. The Hall–Kier alpha value is -2.43. The van der Waals surface area contributed by atoms with E-state index in [9.17, 15) is 14.0 Å². The topological polar surface area (TPSA) is 51.1 Å². The summed E-state index contributed by atoms with van der Waals surface area (Å²) in [5.74, 6) is -0.406. The van der Waals surface area contributed by atoms with Gasteiger partial charge in [0.15, 0.2) is 6.29 Å². The van der Waals surface area contributed by atoms with Crippen molar-refractivity contribution in [3.8, 4) is 0 Å². The number of nitrogens with one attached hydrogen (secondary N) is 1. The zero-order valence-corrected chi connectivity index (χ0v) is 12.6. The zero-order chi connectivity index (χ0) is 15.9. The lowest BCUT2D eigenvalue weighted by Gasteiger charge is -2.16. The van der Waals surface area contributed by atoms with Crippen LogP contribution in [0, 0.1) is 19.7 Å². The highest BCUT2D eigenvalue weighted by atomic mass is 19.1. The van der Waals surface area contributed by atoms with Crippen molar-refractivity contribution in [2.45, 2.75) is 33.2 Å². The first-order valence-electron chi connectivity index (χ1n) is 7.27. The van der Waals surface area contributed by atoms with E-state index in [2.05, 4.69) is 5.32 Å². The highest BCUT2D eigenvalue weighted by Gasteiger charge is 2.23. The Kier molecular flexibility index (Phi) is 3.56. The molecule has 0 atom stereocenters. The second kappa shape index (κ2) is 5.40. The average molecular weight is 300 g/mol. The summed E-state index contributed by atoms with van der Waals surface area (Å²) in [7, 11) is 0. The molecular formula is C17H17FN2O2. The molecular weight excluding hydrogens is 283 g/mol. The molecule has 0 saturated carbocycles. The molecule has 1 N–H and O–H groups in total. The Balaban J connectivity index is 2.17. The zero-order valence-electron chi connectivity index (χ0n) is 12.6. The SMILES string of the molecule is Cc1ccc(Nc2c(C=O)c3n(c(=O)c2C)CCC3)c(F)c1. The number of anilines is 2. The van der Waals surface area contributed by atoms with Gasteiger partial charge in [0.25, 0.3) is 5.56 Å². The second-order valence-electron chi connectivity index (χ2n) is 5.65. The molecule has 2 aromatic rings. The highest BCUT2D eigenvalue weighted by Crippen LogP contribution is 2.29. The van der Waals surface area contributed by atoms with Crippen LogP contribution in [-0.4, -0.2) is 10.9 Å². The number of halogens is 1. The Morgan fingerprint density at radius 2 is 2.09 bits per heavy atom. The van der Waals surface area contributed by atoms with Crippen molar-refractivity contribution in [1.82, 2.24) is 4.57 Å². The van der Waals surface area contributed by atoms with Crippen molar-refractivity contribution in [3.05, 3.63) is 56.8 Å². The van der Waals surface area contributed by atoms with Crippen LogP contribution in [0.25, 0.3) is 0 Å². The number of hydrogen-bond donors (Lipinski definition) is 1. The van der Waals surface area contributed by atoms with Crippen molar-refractivity contribution >= 4 is 17.7 Å². The molecule has 0 bridgehead atoms. The number of rotatable bonds is 3. The van der Waals surface area contributed by atoms with E-state index in [-0.39, 0.29) is 11.2 Å². The van der Waals surface area contributed by atoms with Gasteiger partial charge < -0.3 is 9.88 Å². The van der Waals surface area contributed by atoms with Crippen LogP contribution in [0.2, 0.25) is 0 Å². The number of benzene rings is 1. The molecule has 2 heterocycles. The van der Waals surface area contributed by atoms with Crippen LogP contribution < -0.4 is 10.9 Å². The minimum absolute atomic E-state index is 0.117. The number of aldehydes is 1. The third-order valence-corrected chi connectivity index (χ3v) is 4.14. The summed E-state index contributed by atoms with van der Waals surface area (Å²) in [4.78, 5) is 23.9. The summed E-state index contributed by atoms with van der Waals surface area (Å²) in [6, 6.07) is 4.81. The molecule has 3 rings (SSSR count). The fourth-order valence-electron chi connectivity index (χ4n) is 2.98. The van der Waals surface area contributed by atoms with Gasteiger partial charge >= 0.3 is 0 Å². The lowest BCUT2D eigenvalue weighted by molar-refractivity contribution is 0.112. The summed E-state index contributed by atoms with van der Waals surface area (Å²) >= 11 is 0. The minimum Gasteiger partial charge on any atom is -0.352 e. The van der Waals surface area contributed by atoms with Crippen molar-refractivity contribution in [1.29, 1.82) is 0 Å². The largest absolute Gasteiger partial charge is 0.352 e. The van der Waals surface area contributed by atoms with Gasteiger partial charge in [0, 0.05) is 17.8 Å². The molecule has 5 heteroatoms. The Morgan fingerprint density at radius 1 is 1.32 bits per heavy atom. The molecule has 4 nitrogen and oxygen atoms in total. The highest BCUT2D eigenvalue weighted by molar-refractivity contribution is 5.89. The smallest absolute Gasteiger partial charge is 0.255 e. The number of carbonyl (C=O) groups excluding carboxylic acids is 1. The van der Waals surface area contributed by atoms with Crippen LogP contribution in [0.5, 0.6) is 0 Å².